The van der Waals surface area contributed by atoms with Gasteiger partial charge in [-0.05, 0) is 38.2 Å². The minimum absolute atomic E-state index is 0.683. The minimum Gasteiger partial charge on any atom is -0.303 e. The normalized spacial score (nSPS) is 11.4. The maximum absolute atomic E-state index is 10.2. The molecular formula is C15H20O. The van der Waals surface area contributed by atoms with Crippen LogP contribution < -0.4 is 0 Å². The highest BCUT2D eigenvalue weighted by Gasteiger charge is 1.98. The molecule has 0 spiro atoms. The average molecular weight is 216 g/mol. The molecule has 0 aliphatic carbocycles. The van der Waals surface area contributed by atoms with Crippen molar-refractivity contribution in [1.29, 1.82) is 0 Å². The van der Waals surface area contributed by atoms with Gasteiger partial charge >= 0.3 is 0 Å². The lowest BCUT2D eigenvalue weighted by molar-refractivity contribution is -0.107. The molecule has 1 nitrogen and oxygen atoms in total. The first kappa shape index (κ1) is 12.7. The highest BCUT2D eigenvalue weighted by molar-refractivity contribution is 5.49. The topological polar surface area (TPSA) is 17.1 Å². The summed E-state index contributed by atoms with van der Waals surface area (Å²) in [7, 11) is 0. The van der Waals surface area contributed by atoms with Crippen molar-refractivity contribution in [2.24, 2.45) is 0 Å². The molecule has 0 bridgehead atoms. The van der Waals surface area contributed by atoms with Crippen LogP contribution in [0.2, 0.25) is 0 Å². The van der Waals surface area contributed by atoms with Gasteiger partial charge in [-0.25, -0.2) is 0 Å². The van der Waals surface area contributed by atoms with Crippen LogP contribution >= 0.6 is 0 Å². The summed E-state index contributed by atoms with van der Waals surface area (Å²) in [5.41, 5.74) is 2.85. The number of unbranched alkanes of at least 4 members (excludes halogenated alkanes) is 1. The van der Waals surface area contributed by atoms with Crippen molar-refractivity contribution in [3.8, 4) is 0 Å². The fourth-order valence-corrected chi connectivity index (χ4v) is 1.78. The number of hydrogen-bond acceptors (Lipinski definition) is 1. The quantitative estimate of drug-likeness (QED) is 0.383. The molecule has 0 atom stereocenters. The first-order valence-electron chi connectivity index (χ1n) is 5.98. The van der Waals surface area contributed by atoms with Crippen LogP contribution in [0.25, 0.3) is 0 Å². The number of benzene rings is 1. The fourth-order valence-electron chi connectivity index (χ4n) is 1.78. The number of allylic oxidation sites excluding steroid dienone is 2. The highest BCUT2D eigenvalue weighted by atomic mass is 16.1. The molecule has 86 valence electrons. The Hall–Kier alpha value is -1.37. The molecule has 0 aliphatic rings. The Bertz CT molecular complexity index is 325. The largest absolute Gasteiger partial charge is 0.303 e. The van der Waals surface area contributed by atoms with E-state index in [2.05, 4.69) is 37.3 Å². The fraction of sp³-hybridized carbons (Fsp3) is 0.400. The lowest BCUT2D eigenvalue weighted by Crippen LogP contribution is -1.90. The third-order valence-electron chi connectivity index (χ3n) is 2.81. The van der Waals surface area contributed by atoms with Crippen molar-refractivity contribution >= 4 is 6.29 Å². The first-order chi connectivity index (χ1) is 7.86. The number of aryl methyl sites for hydroxylation is 1. The molecule has 0 aliphatic heterocycles. The van der Waals surface area contributed by atoms with E-state index in [1.165, 1.54) is 11.1 Å². The van der Waals surface area contributed by atoms with Crippen LogP contribution in [-0.2, 0) is 11.2 Å². The van der Waals surface area contributed by atoms with E-state index in [1.807, 2.05) is 6.07 Å². The maximum Gasteiger partial charge on any atom is 0.120 e. The van der Waals surface area contributed by atoms with Crippen molar-refractivity contribution in [3.63, 3.8) is 0 Å². The summed E-state index contributed by atoms with van der Waals surface area (Å²) in [6.45, 7) is 2.08. The monoisotopic (exact) mass is 216 g/mol. The molecule has 0 radical (unpaired) electrons. The molecule has 1 heteroatoms. The van der Waals surface area contributed by atoms with Crippen molar-refractivity contribution in [2.75, 3.05) is 0 Å². The van der Waals surface area contributed by atoms with Gasteiger partial charge in [-0.2, -0.15) is 0 Å². The third kappa shape index (κ3) is 4.92. The van der Waals surface area contributed by atoms with Crippen molar-refractivity contribution in [3.05, 3.63) is 47.5 Å². The molecule has 0 heterocycles. The molecular weight excluding hydrogens is 196 g/mol. The van der Waals surface area contributed by atoms with E-state index in [-0.39, 0.29) is 0 Å². The Balaban J connectivity index is 2.32. The predicted octanol–water partition coefficient (Wildman–Crippen LogP) is 3.93. The van der Waals surface area contributed by atoms with Crippen LogP contribution in [0.1, 0.15) is 38.2 Å². The first-order valence-corrected chi connectivity index (χ1v) is 5.98. The van der Waals surface area contributed by atoms with E-state index in [1.54, 1.807) is 0 Å². The van der Waals surface area contributed by atoms with Crippen LogP contribution in [0.4, 0.5) is 0 Å². The van der Waals surface area contributed by atoms with Crippen LogP contribution in [-0.4, -0.2) is 6.29 Å². The smallest absolute Gasteiger partial charge is 0.120 e. The van der Waals surface area contributed by atoms with Crippen molar-refractivity contribution < 1.29 is 4.79 Å². The number of carbonyl (C=O) groups excluding carboxylic acids is 1. The second kappa shape index (κ2) is 7.86. The molecule has 16 heavy (non-hydrogen) atoms. The summed E-state index contributed by atoms with van der Waals surface area (Å²) in [4.78, 5) is 10.2. The predicted molar refractivity (Wildman–Crippen MR) is 68.4 cm³/mol. The van der Waals surface area contributed by atoms with Gasteiger partial charge in [0.2, 0.25) is 0 Å². The molecule has 1 aromatic rings. The molecule has 0 saturated heterocycles. The van der Waals surface area contributed by atoms with Crippen molar-refractivity contribution in [2.45, 2.75) is 39.0 Å². The summed E-state index contributed by atoms with van der Waals surface area (Å²) in [5.74, 6) is 0. The second-order valence-electron chi connectivity index (χ2n) is 3.99. The zero-order valence-corrected chi connectivity index (χ0v) is 9.99. The van der Waals surface area contributed by atoms with E-state index >= 15 is 0 Å². The maximum atomic E-state index is 10.2. The molecule has 0 amide bonds. The molecule has 1 rings (SSSR count). The Kier molecular flexibility index (Phi) is 6.24. The van der Waals surface area contributed by atoms with Gasteiger partial charge in [-0.1, -0.05) is 42.0 Å². The van der Waals surface area contributed by atoms with Crippen LogP contribution in [0.15, 0.2) is 42.0 Å². The molecule has 0 N–H and O–H groups in total. The zero-order valence-electron chi connectivity index (χ0n) is 9.99. The Morgan fingerprint density at radius 2 is 1.94 bits per heavy atom. The highest BCUT2D eigenvalue weighted by Crippen LogP contribution is 2.14. The summed E-state index contributed by atoms with van der Waals surface area (Å²) in [6, 6.07) is 10.5. The summed E-state index contributed by atoms with van der Waals surface area (Å²) in [5, 5.41) is 0. The Morgan fingerprint density at radius 3 is 2.56 bits per heavy atom. The van der Waals surface area contributed by atoms with E-state index in [0.29, 0.717) is 6.42 Å². The van der Waals surface area contributed by atoms with Gasteiger partial charge in [0.05, 0.1) is 0 Å². The van der Waals surface area contributed by atoms with Gasteiger partial charge in [-0.3, -0.25) is 0 Å². The van der Waals surface area contributed by atoms with Gasteiger partial charge in [0.15, 0.2) is 0 Å². The number of hydrogen-bond donors (Lipinski definition) is 0. The molecule has 0 aromatic heterocycles. The number of rotatable bonds is 7. The van der Waals surface area contributed by atoms with Crippen LogP contribution in [0, 0.1) is 0 Å². The average Bonchev–Trinajstić information content (AvgIpc) is 2.35. The molecule has 0 saturated carbocycles. The van der Waals surface area contributed by atoms with E-state index < -0.39 is 0 Å². The van der Waals surface area contributed by atoms with E-state index in [4.69, 9.17) is 0 Å². The minimum atomic E-state index is 0.683. The van der Waals surface area contributed by atoms with Gasteiger partial charge in [0, 0.05) is 6.42 Å². The zero-order chi connectivity index (χ0) is 11.6. The third-order valence-corrected chi connectivity index (χ3v) is 2.81. The van der Waals surface area contributed by atoms with Crippen molar-refractivity contribution in [1.82, 2.24) is 0 Å². The molecule has 0 fully saturated rings. The molecule has 0 unspecified atom stereocenters. The Labute approximate surface area is 98.2 Å². The molecule has 1 aromatic carbocycles. The second-order valence-corrected chi connectivity index (χ2v) is 3.99. The lowest BCUT2D eigenvalue weighted by atomic mass is 10.0. The van der Waals surface area contributed by atoms with E-state index in [0.717, 1.165) is 32.0 Å². The van der Waals surface area contributed by atoms with Gasteiger partial charge in [-0.15, -0.1) is 0 Å². The summed E-state index contributed by atoms with van der Waals surface area (Å²) < 4.78 is 0. The summed E-state index contributed by atoms with van der Waals surface area (Å²) in [6.07, 6.45) is 8.13. The standard InChI is InChI=1S/C15H20O/c1-2-14(8-6-7-13-16)11-12-15-9-4-3-5-10-15/h2-5,9-10,13H,6-8,11-12H2,1H3. The number of aldehydes is 1. The van der Waals surface area contributed by atoms with Crippen LogP contribution in [0.5, 0.6) is 0 Å². The lowest BCUT2D eigenvalue weighted by Gasteiger charge is -2.06. The van der Waals surface area contributed by atoms with E-state index in [9.17, 15) is 4.79 Å². The number of carbonyl (C=O) groups is 1. The Morgan fingerprint density at radius 1 is 1.19 bits per heavy atom. The van der Waals surface area contributed by atoms with Gasteiger partial charge in [0.1, 0.15) is 6.29 Å². The summed E-state index contributed by atoms with van der Waals surface area (Å²) >= 11 is 0. The van der Waals surface area contributed by atoms with Gasteiger partial charge < -0.3 is 4.79 Å². The SMILES string of the molecule is CC=C(CCCC=O)CCc1ccccc1. The van der Waals surface area contributed by atoms with Gasteiger partial charge in [0.25, 0.3) is 0 Å². The van der Waals surface area contributed by atoms with Crippen LogP contribution in [0.3, 0.4) is 0 Å².